The van der Waals surface area contributed by atoms with Gasteiger partial charge in [0.25, 0.3) is 0 Å². The molecule has 0 aliphatic carbocycles. The topological polar surface area (TPSA) is 32.3 Å². The van der Waals surface area contributed by atoms with Crippen LogP contribution in [0.15, 0.2) is 48.5 Å². The zero-order valence-corrected chi connectivity index (χ0v) is 12.4. The smallest absolute Gasteiger partial charge is 0.115 e. The van der Waals surface area contributed by atoms with Gasteiger partial charge in [0.2, 0.25) is 0 Å². The molecule has 2 aromatic rings. The van der Waals surface area contributed by atoms with Crippen molar-refractivity contribution < 1.29 is 5.11 Å². The van der Waals surface area contributed by atoms with E-state index in [4.69, 9.17) is 11.6 Å². The Morgan fingerprint density at radius 3 is 2.70 bits per heavy atom. The maximum Gasteiger partial charge on any atom is 0.115 e. The van der Waals surface area contributed by atoms with Crippen molar-refractivity contribution in [3.63, 3.8) is 0 Å². The fourth-order valence-corrected chi connectivity index (χ4v) is 2.44. The summed E-state index contributed by atoms with van der Waals surface area (Å²) < 4.78 is 0. The minimum atomic E-state index is 0.230. The number of phenolic OH excluding ortho intramolecular Hbond substituents is 1. The van der Waals surface area contributed by atoms with Crippen LogP contribution in [0.1, 0.15) is 30.5 Å². The van der Waals surface area contributed by atoms with Crippen molar-refractivity contribution in [2.24, 2.45) is 0 Å². The molecule has 0 bridgehead atoms. The van der Waals surface area contributed by atoms with E-state index in [0.717, 1.165) is 30.0 Å². The molecular weight excluding hydrogens is 270 g/mol. The molecule has 0 aliphatic heterocycles. The van der Waals surface area contributed by atoms with E-state index in [0.29, 0.717) is 5.75 Å². The summed E-state index contributed by atoms with van der Waals surface area (Å²) in [5.41, 5.74) is 2.30. The highest BCUT2D eigenvalue weighted by atomic mass is 35.5. The van der Waals surface area contributed by atoms with Crippen molar-refractivity contribution in [2.75, 3.05) is 6.54 Å². The van der Waals surface area contributed by atoms with Crippen molar-refractivity contribution in [3.8, 4) is 5.75 Å². The third kappa shape index (κ3) is 4.26. The minimum Gasteiger partial charge on any atom is -0.508 e. The highest BCUT2D eigenvalue weighted by Crippen LogP contribution is 2.18. The summed E-state index contributed by atoms with van der Waals surface area (Å²) in [6.45, 7) is 3.02. The van der Waals surface area contributed by atoms with Gasteiger partial charge in [0.05, 0.1) is 0 Å². The third-order valence-electron chi connectivity index (χ3n) is 3.40. The molecule has 1 atom stereocenters. The molecule has 2 aromatic carbocycles. The summed E-state index contributed by atoms with van der Waals surface area (Å²) in [7, 11) is 0. The summed E-state index contributed by atoms with van der Waals surface area (Å²) in [5.74, 6) is 0.312. The van der Waals surface area contributed by atoms with Gasteiger partial charge in [0.15, 0.2) is 0 Å². The van der Waals surface area contributed by atoms with Crippen molar-refractivity contribution >= 4 is 11.6 Å². The van der Waals surface area contributed by atoms with E-state index >= 15 is 0 Å². The lowest BCUT2D eigenvalue weighted by Crippen LogP contribution is -2.20. The fourth-order valence-electron chi connectivity index (χ4n) is 2.21. The van der Waals surface area contributed by atoms with Gasteiger partial charge in [-0.25, -0.2) is 0 Å². The van der Waals surface area contributed by atoms with Gasteiger partial charge < -0.3 is 10.4 Å². The van der Waals surface area contributed by atoms with Crippen molar-refractivity contribution in [1.82, 2.24) is 5.32 Å². The van der Waals surface area contributed by atoms with E-state index in [1.165, 1.54) is 5.56 Å². The van der Waals surface area contributed by atoms with E-state index in [9.17, 15) is 5.11 Å². The molecule has 106 valence electrons. The molecule has 3 heteroatoms. The molecule has 0 radical (unpaired) electrons. The second-order valence-electron chi connectivity index (χ2n) is 4.97. The number of hydrogen-bond acceptors (Lipinski definition) is 2. The summed E-state index contributed by atoms with van der Waals surface area (Å²) in [4.78, 5) is 0. The van der Waals surface area contributed by atoms with Crippen LogP contribution >= 0.6 is 11.6 Å². The second kappa shape index (κ2) is 7.32. The Kier molecular flexibility index (Phi) is 5.45. The second-order valence-corrected chi connectivity index (χ2v) is 5.37. The van der Waals surface area contributed by atoms with E-state index in [-0.39, 0.29) is 6.04 Å². The molecule has 2 rings (SSSR count). The van der Waals surface area contributed by atoms with Gasteiger partial charge in [-0.1, -0.05) is 41.9 Å². The SMILES string of the molecule is CC(NCCCc1ccccc1Cl)c1cccc(O)c1. The molecule has 20 heavy (non-hydrogen) atoms. The van der Waals surface area contributed by atoms with Crippen molar-refractivity contribution in [1.29, 1.82) is 0 Å². The molecular formula is C17H20ClNO. The number of aryl methyl sites for hydroxylation is 1. The fraction of sp³-hybridized carbons (Fsp3) is 0.294. The number of phenols is 1. The molecule has 0 heterocycles. The normalized spacial score (nSPS) is 12.3. The largest absolute Gasteiger partial charge is 0.508 e. The lowest BCUT2D eigenvalue weighted by molar-refractivity contribution is 0.472. The Bertz CT molecular complexity index is 556. The third-order valence-corrected chi connectivity index (χ3v) is 3.77. The Hall–Kier alpha value is -1.51. The van der Waals surface area contributed by atoms with E-state index < -0.39 is 0 Å². The van der Waals surface area contributed by atoms with Crippen LogP contribution in [-0.4, -0.2) is 11.7 Å². The number of halogens is 1. The molecule has 0 saturated carbocycles. The van der Waals surface area contributed by atoms with Gasteiger partial charge in [0.1, 0.15) is 5.75 Å². The van der Waals surface area contributed by atoms with Crippen LogP contribution in [0.5, 0.6) is 5.75 Å². The number of nitrogens with one attached hydrogen (secondary N) is 1. The van der Waals surface area contributed by atoms with E-state index in [2.05, 4.69) is 18.3 Å². The van der Waals surface area contributed by atoms with Crippen LogP contribution in [0.2, 0.25) is 5.02 Å². The van der Waals surface area contributed by atoms with Crippen LogP contribution in [0.4, 0.5) is 0 Å². The number of aromatic hydroxyl groups is 1. The monoisotopic (exact) mass is 289 g/mol. The molecule has 2 N–H and O–H groups in total. The lowest BCUT2D eigenvalue weighted by atomic mass is 10.1. The minimum absolute atomic E-state index is 0.230. The average Bonchev–Trinajstić information content (AvgIpc) is 2.45. The van der Waals surface area contributed by atoms with Crippen LogP contribution in [0.25, 0.3) is 0 Å². The Labute approximate surface area is 125 Å². The van der Waals surface area contributed by atoms with E-state index in [1.54, 1.807) is 12.1 Å². The first-order valence-corrected chi connectivity index (χ1v) is 7.30. The molecule has 0 spiro atoms. The van der Waals surface area contributed by atoms with E-state index in [1.807, 2.05) is 30.3 Å². The Morgan fingerprint density at radius 1 is 1.15 bits per heavy atom. The predicted octanol–water partition coefficient (Wildman–Crippen LogP) is 4.33. The number of benzene rings is 2. The quantitative estimate of drug-likeness (QED) is 0.776. The first-order chi connectivity index (χ1) is 9.66. The summed E-state index contributed by atoms with van der Waals surface area (Å²) in [6.07, 6.45) is 2.01. The molecule has 0 saturated heterocycles. The Morgan fingerprint density at radius 2 is 1.95 bits per heavy atom. The van der Waals surface area contributed by atoms with Crippen LogP contribution in [0.3, 0.4) is 0 Å². The molecule has 0 aliphatic rings. The average molecular weight is 290 g/mol. The predicted molar refractivity (Wildman–Crippen MR) is 84.3 cm³/mol. The molecule has 1 unspecified atom stereocenters. The number of hydrogen-bond donors (Lipinski definition) is 2. The van der Waals surface area contributed by atoms with Crippen molar-refractivity contribution in [3.05, 3.63) is 64.7 Å². The highest BCUT2D eigenvalue weighted by molar-refractivity contribution is 6.31. The zero-order valence-electron chi connectivity index (χ0n) is 11.6. The summed E-state index contributed by atoms with van der Waals surface area (Å²) in [5, 5.41) is 13.8. The van der Waals surface area contributed by atoms with Crippen LogP contribution < -0.4 is 5.32 Å². The van der Waals surface area contributed by atoms with Crippen molar-refractivity contribution in [2.45, 2.75) is 25.8 Å². The number of rotatable bonds is 6. The van der Waals surface area contributed by atoms with Gasteiger partial charge in [-0.05, 0) is 55.6 Å². The standard InChI is InChI=1S/C17H20ClNO/c1-13(15-7-4-9-16(20)12-15)19-11-5-8-14-6-2-3-10-17(14)18/h2-4,6-7,9-10,12-13,19-20H,5,8,11H2,1H3. The van der Waals surface area contributed by atoms with Gasteiger partial charge >= 0.3 is 0 Å². The van der Waals surface area contributed by atoms with Gasteiger partial charge in [-0.2, -0.15) is 0 Å². The molecule has 2 nitrogen and oxygen atoms in total. The first kappa shape index (κ1) is 14.9. The maximum absolute atomic E-state index is 9.47. The maximum atomic E-state index is 9.47. The van der Waals surface area contributed by atoms with Crippen LogP contribution in [0, 0.1) is 0 Å². The summed E-state index contributed by atoms with van der Waals surface area (Å²) in [6, 6.07) is 15.6. The zero-order chi connectivity index (χ0) is 14.4. The summed E-state index contributed by atoms with van der Waals surface area (Å²) >= 11 is 6.13. The first-order valence-electron chi connectivity index (χ1n) is 6.92. The van der Waals surface area contributed by atoms with Gasteiger partial charge in [-0.3, -0.25) is 0 Å². The highest BCUT2D eigenvalue weighted by Gasteiger charge is 2.05. The van der Waals surface area contributed by atoms with Gasteiger partial charge in [0, 0.05) is 11.1 Å². The van der Waals surface area contributed by atoms with Crippen LogP contribution in [-0.2, 0) is 6.42 Å². The molecule has 0 aromatic heterocycles. The van der Waals surface area contributed by atoms with Gasteiger partial charge in [-0.15, -0.1) is 0 Å². The molecule has 0 fully saturated rings. The Balaban J connectivity index is 1.77. The lowest BCUT2D eigenvalue weighted by Gasteiger charge is -2.14. The molecule has 0 amide bonds.